The van der Waals surface area contributed by atoms with Gasteiger partial charge in [-0.25, -0.2) is 4.98 Å². The molecule has 0 saturated carbocycles. The van der Waals surface area contributed by atoms with E-state index in [0.29, 0.717) is 21.2 Å². The Morgan fingerprint density at radius 3 is 2.60 bits per heavy atom. The van der Waals surface area contributed by atoms with E-state index < -0.39 is 17.7 Å². The molecule has 8 heteroatoms. The van der Waals surface area contributed by atoms with Crippen LogP contribution in [0.5, 0.6) is 0 Å². The SMILES string of the molecule is O=C1C(=O)N(c2nc3ccc(Cl)cc3s2)C(c2cccs2)/C1=C(\O)c1ccccc1. The standard InChI is InChI=1S/C22H13ClN2O3S2/c23-13-8-9-14-16(11-13)30-22(24-14)25-18(15-7-4-10-29-15)17(20(27)21(25)28)19(26)12-5-2-1-3-6-12/h1-11,18,26H/b19-17+. The van der Waals surface area contributed by atoms with E-state index in [1.807, 2.05) is 23.6 Å². The molecule has 1 unspecified atom stereocenters. The largest absolute Gasteiger partial charge is 0.507 e. The van der Waals surface area contributed by atoms with Gasteiger partial charge in [0.2, 0.25) is 0 Å². The first-order valence-electron chi connectivity index (χ1n) is 9.00. The lowest BCUT2D eigenvalue weighted by Crippen LogP contribution is -2.28. The van der Waals surface area contributed by atoms with Crippen molar-refractivity contribution in [2.75, 3.05) is 4.90 Å². The maximum absolute atomic E-state index is 13.1. The van der Waals surface area contributed by atoms with Crippen molar-refractivity contribution >= 4 is 67.1 Å². The number of aromatic nitrogens is 1. The molecule has 0 radical (unpaired) electrons. The molecule has 3 heterocycles. The van der Waals surface area contributed by atoms with Gasteiger partial charge in [0.05, 0.1) is 15.8 Å². The van der Waals surface area contributed by atoms with Crippen molar-refractivity contribution < 1.29 is 14.7 Å². The monoisotopic (exact) mass is 452 g/mol. The number of fused-ring (bicyclic) bond motifs is 1. The zero-order valence-corrected chi connectivity index (χ0v) is 17.7. The van der Waals surface area contributed by atoms with E-state index >= 15 is 0 Å². The first-order chi connectivity index (χ1) is 14.5. The molecule has 148 valence electrons. The van der Waals surface area contributed by atoms with Gasteiger partial charge in [-0.2, -0.15) is 0 Å². The van der Waals surface area contributed by atoms with Crippen molar-refractivity contribution in [1.82, 2.24) is 4.98 Å². The molecule has 1 atom stereocenters. The summed E-state index contributed by atoms with van der Waals surface area (Å²) in [6, 6.07) is 17.0. The van der Waals surface area contributed by atoms with Gasteiger partial charge in [-0.05, 0) is 29.6 Å². The number of nitrogens with zero attached hydrogens (tertiary/aromatic N) is 2. The number of aliphatic hydroxyl groups excluding tert-OH is 1. The van der Waals surface area contributed by atoms with E-state index in [1.54, 1.807) is 42.5 Å². The second kappa shape index (κ2) is 7.36. The van der Waals surface area contributed by atoms with Gasteiger partial charge in [0.1, 0.15) is 11.8 Å². The van der Waals surface area contributed by atoms with Crippen LogP contribution in [0.15, 0.2) is 71.6 Å². The fraction of sp³-hybridized carbons (Fsp3) is 0.0455. The third-order valence-electron chi connectivity index (χ3n) is 4.85. The quantitative estimate of drug-likeness (QED) is 0.248. The lowest BCUT2D eigenvalue weighted by molar-refractivity contribution is -0.132. The van der Waals surface area contributed by atoms with Crippen LogP contribution in [-0.4, -0.2) is 21.8 Å². The molecule has 5 nitrogen and oxygen atoms in total. The van der Waals surface area contributed by atoms with E-state index in [4.69, 9.17) is 11.6 Å². The lowest BCUT2D eigenvalue weighted by atomic mass is 10.00. The second-order valence-electron chi connectivity index (χ2n) is 6.66. The van der Waals surface area contributed by atoms with Crippen LogP contribution in [0.3, 0.4) is 0 Å². The van der Waals surface area contributed by atoms with Gasteiger partial charge < -0.3 is 5.11 Å². The van der Waals surface area contributed by atoms with E-state index in [9.17, 15) is 14.7 Å². The van der Waals surface area contributed by atoms with Crippen molar-refractivity contribution in [1.29, 1.82) is 0 Å². The summed E-state index contributed by atoms with van der Waals surface area (Å²) < 4.78 is 0.812. The molecule has 4 aromatic rings. The number of hydrogen-bond acceptors (Lipinski definition) is 6. The zero-order valence-electron chi connectivity index (χ0n) is 15.3. The third-order valence-corrected chi connectivity index (χ3v) is 7.03. The summed E-state index contributed by atoms with van der Waals surface area (Å²) in [5.74, 6) is -1.64. The molecule has 1 amide bonds. The number of Topliss-reactive ketones (excluding diaryl/α,β-unsaturated/α-hetero) is 1. The highest BCUT2D eigenvalue weighted by Crippen LogP contribution is 2.45. The fourth-order valence-corrected chi connectivity index (χ4v) is 5.58. The van der Waals surface area contributed by atoms with Crippen LogP contribution in [0.25, 0.3) is 16.0 Å². The van der Waals surface area contributed by atoms with Crippen molar-refractivity contribution in [3.63, 3.8) is 0 Å². The molecule has 2 aromatic heterocycles. The Hall–Kier alpha value is -3.00. The number of thiazole rings is 1. The van der Waals surface area contributed by atoms with Crippen molar-refractivity contribution in [2.45, 2.75) is 6.04 Å². The first kappa shape index (κ1) is 19.0. The van der Waals surface area contributed by atoms with Crippen LogP contribution >= 0.6 is 34.3 Å². The highest BCUT2D eigenvalue weighted by atomic mass is 35.5. The van der Waals surface area contributed by atoms with Crippen molar-refractivity contribution in [3.8, 4) is 0 Å². The zero-order chi connectivity index (χ0) is 20.8. The smallest absolute Gasteiger partial charge is 0.301 e. The van der Waals surface area contributed by atoms with Crippen LogP contribution in [0.4, 0.5) is 5.13 Å². The van der Waals surface area contributed by atoms with E-state index in [-0.39, 0.29) is 11.3 Å². The summed E-state index contributed by atoms with van der Waals surface area (Å²) in [5, 5.41) is 13.8. The Balaban J connectivity index is 1.72. The number of thiophene rings is 1. The van der Waals surface area contributed by atoms with Crippen LogP contribution in [0, 0.1) is 0 Å². The van der Waals surface area contributed by atoms with Gasteiger partial charge in [0.15, 0.2) is 5.13 Å². The minimum atomic E-state index is -0.749. The Kier molecular flexibility index (Phi) is 4.66. The lowest BCUT2D eigenvalue weighted by Gasteiger charge is -2.21. The van der Waals surface area contributed by atoms with Crippen molar-refractivity contribution in [3.05, 3.63) is 87.1 Å². The summed E-state index contributed by atoms with van der Waals surface area (Å²) in [7, 11) is 0. The molecule has 1 fully saturated rings. The summed E-state index contributed by atoms with van der Waals surface area (Å²) in [6.07, 6.45) is 0. The average Bonchev–Trinajstić information content (AvgIpc) is 3.47. The molecule has 2 aromatic carbocycles. The number of halogens is 1. The van der Waals surface area contributed by atoms with Crippen LogP contribution in [0.1, 0.15) is 16.5 Å². The molecule has 1 aliphatic rings. The summed E-state index contributed by atoms with van der Waals surface area (Å²) in [5.41, 5.74) is 1.23. The molecular weight excluding hydrogens is 440 g/mol. The number of hydrogen-bond donors (Lipinski definition) is 1. The molecule has 1 N–H and O–H groups in total. The Bertz CT molecular complexity index is 1310. The normalized spacial score (nSPS) is 18.4. The van der Waals surface area contributed by atoms with Crippen LogP contribution in [-0.2, 0) is 9.59 Å². The average molecular weight is 453 g/mol. The number of carbonyl (C=O) groups excluding carboxylic acids is 2. The fourth-order valence-electron chi connectivity index (χ4n) is 3.49. The maximum atomic E-state index is 13.1. The molecule has 1 aliphatic heterocycles. The molecule has 0 bridgehead atoms. The second-order valence-corrected chi connectivity index (χ2v) is 9.08. The third kappa shape index (κ3) is 3.02. The van der Waals surface area contributed by atoms with Gasteiger partial charge in [0.25, 0.3) is 5.78 Å². The number of amides is 1. The minimum Gasteiger partial charge on any atom is -0.507 e. The molecule has 5 rings (SSSR count). The van der Waals surface area contributed by atoms with Crippen LogP contribution < -0.4 is 4.90 Å². The molecular formula is C22H13ClN2O3S2. The number of carbonyl (C=O) groups is 2. The molecule has 0 spiro atoms. The van der Waals surface area contributed by atoms with E-state index in [2.05, 4.69) is 4.98 Å². The van der Waals surface area contributed by atoms with Gasteiger partial charge in [-0.3, -0.25) is 14.5 Å². The topological polar surface area (TPSA) is 70.5 Å². The number of benzene rings is 2. The highest BCUT2D eigenvalue weighted by Gasteiger charge is 2.48. The van der Waals surface area contributed by atoms with Crippen LogP contribution in [0.2, 0.25) is 5.02 Å². The van der Waals surface area contributed by atoms with E-state index in [0.717, 1.165) is 9.58 Å². The molecule has 0 aliphatic carbocycles. The molecule has 1 saturated heterocycles. The summed E-state index contributed by atoms with van der Waals surface area (Å²) >= 11 is 8.78. The van der Waals surface area contributed by atoms with Gasteiger partial charge >= 0.3 is 5.91 Å². The van der Waals surface area contributed by atoms with Gasteiger partial charge in [-0.15, -0.1) is 11.3 Å². The first-order valence-corrected chi connectivity index (χ1v) is 11.1. The highest BCUT2D eigenvalue weighted by molar-refractivity contribution is 7.22. The maximum Gasteiger partial charge on any atom is 0.301 e. The van der Waals surface area contributed by atoms with Gasteiger partial charge in [0, 0.05) is 15.5 Å². The Labute approximate surface area is 184 Å². The number of anilines is 1. The summed E-state index contributed by atoms with van der Waals surface area (Å²) in [6.45, 7) is 0. The minimum absolute atomic E-state index is 0.0611. The predicted octanol–water partition coefficient (Wildman–Crippen LogP) is 5.64. The van der Waals surface area contributed by atoms with Gasteiger partial charge in [-0.1, -0.05) is 59.3 Å². The predicted molar refractivity (Wildman–Crippen MR) is 120 cm³/mol. The van der Waals surface area contributed by atoms with Crippen molar-refractivity contribution in [2.24, 2.45) is 0 Å². The Morgan fingerprint density at radius 1 is 1.07 bits per heavy atom. The van der Waals surface area contributed by atoms with E-state index in [1.165, 1.54) is 27.6 Å². The molecule has 30 heavy (non-hydrogen) atoms. The number of aliphatic hydroxyl groups is 1. The number of rotatable bonds is 3. The summed E-state index contributed by atoms with van der Waals surface area (Å²) in [4.78, 5) is 32.8. The number of ketones is 1. The Morgan fingerprint density at radius 2 is 1.87 bits per heavy atom.